The Morgan fingerprint density at radius 2 is 1.87 bits per heavy atom. The fourth-order valence-electron chi connectivity index (χ4n) is 2.65. The molecule has 0 saturated carbocycles. The van der Waals surface area contributed by atoms with E-state index in [0.717, 1.165) is 22.1 Å². The predicted molar refractivity (Wildman–Crippen MR) is 91.3 cm³/mol. The molecule has 0 aromatic heterocycles. The molecule has 0 saturated heterocycles. The molecule has 0 heterocycles. The van der Waals surface area contributed by atoms with Crippen LogP contribution in [0, 0.1) is 17.2 Å². The minimum Gasteiger partial charge on any atom is -0.497 e. The van der Waals surface area contributed by atoms with Crippen LogP contribution in [-0.2, 0) is 4.79 Å². The molecule has 0 aliphatic heterocycles. The Morgan fingerprint density at radius 3 is 2.52 bits per heavy atom. The quantitative estimate of drug-likeness (QED) is 0.848. The number of carbonyl (C=O) groups is 1. The summed E-state index contributed by atoms with van der Waals surface area (Å²) >= 11 is 0. The Labute approximate surface area is 137 Å². The van der Waals surface area contributed by atoms with Crippen LogP contribution in [0.3, 0.4) is 0 Å². The van der Waals surface area contributed by atoms with Gasteiger partial charge in [0.2, 0.25) is 5.91 Å². The molecule has 2 aromatic rings. The summed E-state index contributed by atoms with van der Waals surface area (Å²) in [7, 11) is 3.40. The van der Waals surface area contributed by atoms with Gasteiger partial charge in [-0.25, -0.2) is 0 Å². The summed E-state index contributed by atoms with van der Waals surface area (Å²) in [6.45, 7) is 4.17. The molecule has 0 fully saturated rings. The van der Waals surface area contributed by atoms with Gasteiger partial charge in [0.15, 0.2) is 0 Å². The summed E-state index contributed by atoms with van der Waals surface area (Å²) < 4.78 is 5.23. The van der Waals surface area contributed by atoms with Gasteiger partial charge in [-0.05, 0) is 42.3 Å². The van der Waals surface area contributed by atoms with Crippen molar-refractivity contribution in [2.45, 2.75) is 19.8 Å². The molecule has 0 N–H and O–H groups in total. The summed E-state index contributed by atoms with van der Waals surface area (Å²) in [4.78, 5) is 14.2. The lowest BCUT2D eigenvalue weighted by molar-refractivity contribution is -0.131. The van der Waals surface area contributed by atoms with Crippen LogP contribution in [0.25, 0.3) is 10.8 Å². The molecule has 0 spiro atoms. The molecule has 1 amide bonds. The molecule has 4 heteroatoms. The molecule has 2 atom stereocenters. The maximum Gasteiger partial charge on any atom is 0.229 e. The van der Waals surface area contributed by atoms with Gasteiger partial charge in [-0.2, -0.15) is 5.26 Å². The van der Waals surface area contributed by atoms with Crippen LogP contribution in [0.1, 0.15) is 25.3 Å². The number of carbonyl (C=O) groups excluding carboxylic acids is 1. The smallest absolute Gasteiger partial charge is 0.229 e. The van der Waals surface area contributed by atoms with Gasteiger partial charge in [-0.3, -0.25) is 4.79 Å². The first-order valence-electron chi connectivity index (χ1n) is 7.68. The molecule has 0 aliphatic rings. The van der Waals surface area contributed by atoms with Crippen LogP contribution in [0.15, 0.2) is 36.4 Å². The highest BCUT2D eigenvalue weighted by atomic mass is 16.5. The molecule has 0 aliphatic carbocycles. The zero-order chi connectivity index (χ0) is 17.0. The van der Waals surface area contributed by atoms with Gasteiger partial charge in [-0.1, -0.05) is 24.3 Å². The normalized spacial score (nSPS) is 13.2. The highest BCUT2D eigenvalue weighted by Crippen LogP contribution is 2.26. The molecule has 0 bridgehead atoms. The molecule has 4 nitrogen and oxygen atoms in total. The van der Waals surface area contributed by atoms with Crippen molar-refractivity contribution in [1.82, 2.24) is 4.90 Å². The molecule has 23 heavy (non-hydrogen) atoms. The van der Waals surface area contributed by atoms with Gasteiger partial charge in [0.1, 0.15) is 5.75 Å². The number of benzene rings is 2. The molecular weight excluding hydrogens is 288 g/mol. The van der Waals surface area contributed by atoms with Crippen LogP contribution < -0.4 is 4.74 Å². The fourth-order valence-corrected chi connectivity index (χ4v) is 2.65. The molecular formula is C19H22N2O2. The lowest BCUT2D eigenvalue weighted by Crippen LogP contribution is -2.33. The van der Waals surface area contributed by atoms with Crippen molar-refractivity contribution in [2.24, 2.45) is 5.92 Å². The highest BCUT2D eigenvalue weighted by molar-refractivity contribution is 5.88. The van der Waals surface area contributed by atoms with Crippen LogP contribution >= 0.6 is 0 Å². The second-order valence-electron chi connectivity index (χ2n) is 5.94. The van der Waals surface area contributed by atoms with Crippen molar-refractivity contribution in [2.75, 3.05) is 20.7 Å². The van der Waals surface area contributed by atoms with E-state index in [1.54, 1.807) is 19.1 Å². The van der Waals surface area contributed by atoms with Crippen molar-refractivity contribution in [1.29, 1.82) is 5.26 Å². The first-order valence-corrected chi connectivity index (χ1v) is 7.68. The molecule has 120 valence electrons. The van der Waals surface area contributed by atoms with Crippen molar-refractivity contribution in [3.8, 4) is 11.8 Å². The number of methoxy groups -OCH3 is 1. The van der Waals surface area contributed by atoms with E-state index < -0.39 is 0 Å². The minimum absolute atomic E-state index is 0.0277. The third-order valence-electron chi connectivity index (χ3n) is 4.09. The highest BCUT2D eigenvalue weighted by Gasteiger charge is 2.20. The lowest BCUT2D eigenvalue weighted by Gasteiger charge is -2.22. The van der Waals surface area contributed by atoms with E-state index in [1.165, 1.54) is 0 Å². The van der Waals surface area contributed by atoms with Crippen molar-refractivity contribution in [3.05, 3.63) is 42.0 Å². The zero-order valence-electron chi connectivity index (χ0n) is 14.0. The van der Waals surface area contributed by atoms with Gasteiger partial charge in [0.25, 0.3) is 0 Å². The number of fused-ring (bicyclic) bond motifs is 1. The Morgan fingerprint density at radius 1 is 1.22 bits per heavy atom. The van der Waals surface area contributed by atoms with Gasteiger partial charge < -0.3 is 9.64 Å². The van der Waals surface area contributed by atoms with Crippen molar-refractivity contribution in [3.63, 3.8) is 0 Å². The Hall–Kier alpha value is -2.54. The summed E-state index contributed by atoms with van der Waals surface area (Å²) in [6.07, 6.45) is 0. The maximum absolute atomic E-state index is 12.5. The number of rotatable bonds is 5. The van der Waals surface area contributed by atoms with Gasteiger partial charge >= 0.3 is 0 Å². The lowest BCUT2D eigenvalue weighted by atomic mass is 9.96. The largest absolute Gasteiger partial charge is 0.497 e. The average Bonchev–Trinajstić information content (AvgIpc) is 2.59. The number of ether oxygens (including phenoxy) is 1. The minimum atomic E-state index is -0.239. The standard InChI is InChI=1S/C19H22N2O2/c1-13(11-20)12-21(3)19(22)14(2)15-5-6-17-10-18(23-4)8-7-16(17)9-15/h5-10,13-14H,12H2,1-4H3/t13?,14-/m1/s1. The molecule has 1 unspecified atom stereocenters. The third kappa shape index (κ3) is 3.81. The summed E-state index contributed by atoms with van der Waals surface area (Å²) in [5.74, 6) is 0.442. The number of amides is 1. The van der Waals surface area contributed by atoms with Crippen molar-refractivity contribution < 1.29 is 9.53 Å². The van der Waals surface area contributed by atoms with E-state index in [4.69, 9.17) is 10.00 Å². The zero-order valence-corrected chi connectivity index (χ0v) is 14.0. The first kappa shape index (κ1) is 16.8. The van der Waals surface area contributed by atoms with Gasteiger partial charge in [0.05, 0.1) is 25.0 Å². The topological polar surface area (TPSA) is 53.3 Å². The van der Waals surface area contributed by atoms with E-state index in [9.17, 15) is 4.79 Å². The fraction of sp³-hybridized carbons (Fsp3) is 0.368. The average molecular weight is 310 g/mol. The predicted octanol–water partition coefficient (Wildman–Crippen LogP) is 3.57. The van der Waals surface area contributed by atoms with Crippen LogP contribution in [0.2, 0.25) is 0 Å². The summed E-state index contributed by atoms with van der Waals surface area (Å²) in [6, 6.07) is 14.1. The number of nitrogens with zero attached hydrogens (tertiary/aromatic N) is 2. The molecule has 0 radical (unpaired) electrons. The van der Waals surface area contributed by atoms with E-state index in [0.29, 0.717) is 6.54 Å². The third-order valence-corrected chi connectivity index (χ3v) is 4.09. The molecule has 2 aromatic carbocycles. The number of hydrogen-bond acceptors (Lipinski definition) is 3. The second-order valence-corrected chi connectivity index (χ2v) is 5.94. The second kappa shape index (κ2) is 7.15. The monoisotopic (exact) mass is 310 g/mol. The van der Waals surface area contributed by atoms with Crippen LogP contribution in [0.4, 0.5) is 0 Å². The Kier molecular flexibility index (Phi) is 5.23. The number of nitriles is 1. The van der Waals surface area contributed by atoms with Crippen molar-refractivity contribution >= 4 is 16.7 Å². The summed E-state index contributed by atoms with van der Waals surface area (Å²) in [5.41, 5.74) is 0.976. The van der Waals surface area contributed by atoms with E-state index >= 15 is 0 Å². The number of hydrogen-bond donors (Lipinski definition) is 0. The van der Waals surface area contributed by atoms with Gasteiger partial charge in [-0.15, -0.1) is 0 Å². The SMILES string of the molecule is COc1ccc2cc([C@@H](C)C(=O)N(C)CC(C)C#N)ccc2c1. The van der Waals surface area contributed by atoms with Gasteiger partial charge in [0, 0.05) is 13.6 Å². The summed E-state index contributed by atoms with van der Waals surface area (Å²) in [5, 5.41) is 11.0. The van der Waals surface area contributed by atoms with E-state index in [-0.39, 0.29) is 17.7 Å². The Balaban J connectivity index is 2.22. The molecule has 2 rings (SSSR count). The van der Waals surface area contributed by atoms with E-state index in [1.807, 2.05) is 50.2 Å². The van der Waals surface area contributed by atoms with Crippen LogP contribution in [-0.4, -0.2) is 31.5 Å². The Bertz CT molecular complexity index is 749. The number of likely N-dealkylation sites (N-methyl/N-ethyl adjacent to an activating group) is 1. The van der Waals surface area contributed by atoms with E-state index in [2.05, 4.69) is 6.07 Å². The first-order chi connectivity index (χ1) is 11.0. The maximum atomic E-state index is 12.5. The van der Waals surface area contributed by atoms with Crippen LogP contribution in [0.5, 0.6) is 5.75 Å².